The van der Waals surface area contributed by atoms with Crippen LogP contribution in [0.15, 0.2) is 73.1 Å². The lowest BCUT2D eigenvalue weighted by atomic mass is 10.1. The van der Waals surface area contributed by atoms with E-state index in [1.54, 1.807) is 0 Å². The smallest absolute Gasteiger partial charge is 0.209 e. The molecular weight excluding hydrogens is 386 g/mol. The van der Waals surface area contributed by atoms with Crippen LogP contribution in [0, 0.1) is 6.92 Å². The molecule has 0 aliphatic heterocycles. The van der Waals surface area contributed by atoms with Crippen LogP contribution in [0.5, 0.6) is 5.75 Å². The van der Waals surface area contributed by atoms with Gasteiger partial charge in [0.1, 0.15) is 12.4 Å². The predicted octanol–water partition coefficient (Wildman–Crippen LogP) is 4.56. The molecule has 0 radical (unpaired) electrons. The quantitative estimate of drug-likeness (QED) is 0.397. The maximum Gasteiger partial charge on any atom is 0.209 e. The molecule has 0 bridgehead atoms. The Morgan fingerprint density at radius 1 is 1.06 bits per heavy atom. The second-order valence-corrected chi connectivity index (χ2v) is 8.02. The number of aromatic nitrogens is 2. The Balaban J connectivity index is 1.55. The molecule has 0 atom stereocenters. The average Bonchev–Trinajstić information content (AvgIpc) is 3.22. The number of hydrogen-bond acceptors (Lipinski definition) is 4. The predicted molar refractivity (Wildman–Crippen MR) is 124 cm³/mol. The summed E-state index contributed by atoms with van der Waals surface area (Å²) in [6.45, 7) is 3.98. The summed E-state index contributed by atoms with van der Waals surface area (Å²) in [5.74, 6) is 0.737. The number of carbonyl (C=O) groups excluding carboxylic acids is 1. The maximum absolute atomic E-state index is 13.3. The molecule has 4 rings (SSSR count). The van der Waals surface area contributed by atoms with Crippen LogP contribution in [0.4, 0.5) is 0 Å². The van der Waals surface area contributed by atoms with Gasteiger partial charge in [0.05, 0.1) is 11.2 Å². The van der Waals surface area contributed by atoms with Crippen LogP contribution < -0.4 is 4.74 Å². The molecule has 0 saturated heterocycles. The van der Waals surface area contributed by atoms with E-state index in [1.807, 2.05) is 86.5 Å². The number of aryl methyl sites for hydroxylation is 1. The molecule has 0 N–H and O–H groups in total. The molecule has 0 amide bonds. The minimum atomic E-state index is -0.0174. The number of rotatable bonds is 8. The summed E-state index contributed by atoms with van der Waals surface area (Å²) < 4.78 is 7.89. The first-order valence-electron chi connectivity index (χ1n) is 10.4. The Kier molecular flexibility index (Phi) is 6.14. The van der Waals surface area contributed by atoms with Crippen LogP contribution in [0.3, 0.4) is 0 Å². The van der Waals surface area contributed by atoms with E-state index in [1.165, 1.54) is 0 Å². The molecule has 0 unspecified atom stereocenters. The number of ether oxygens (including phenoxy) is 1. The zero-order valence-corrected chi connectivity index (χ0v) is 18.2. The van der Waals surface area contributed by atoms with E-state index in [0.717, 1.165) is 34.3 Å². The van der Waals surface area contributed by atoms with Gasteiger partial charge in [0, 0.05) is 36.4 Å². The summed E-state index contributed by atoms with van der Waals surface area (Å²) in [7, 11) is 4.02. The van der Waals surface area contributed by atoms with Gasteiger partial charge in [0.15, 0.2) is 0 Å². The first-order valence-corrected chi connectivity index (χ1v) is 10.4. The summed E-state index contributed by atoms with van der Waals surface area (Å²) in [6.07, 6.45) is 3.81. The number of pyridine rings is 1. The number of likely N-dealkylation sites (N-methyl/N-ethyl adjacent to an activating group) is 1. The molecule has 31 heavy (non-hydrogen) atoms. The zero-order chi connectivity index (χ0) is 21.8. The van der Waals surface area contributed by atoms with Gasteiger partial charge in [-0.25, -0.2) is 0 Å². The van der Waals surface area contributed by atoms with Gasteiger partial charge in [-0.15, -0.1) is 0 Å². The first kappa shape index (κ1) is 20.8. The summed E-state index contributed by atoms with van der Waals surface area (Å²) in [5.41, 5.74) is 4.32. The van der Waals surface area contributed by atoms with Crippen LogP contribution >= 0.6 is 0 Å². The van der Waals surface area contributed by atoms with Crippen LogP contribution in [0.1, 0.15) is 27.2 Å². The van der Waals surface area contributed by atoms with Crippen LogP contribution in [-0.2, 0) is 6.54 Å². The molecule has 5 heteroatoms. The molecule has 2 aromatic carbocycles. The lowest BCUT2D eigenvalue weighted by Crippen LogP contribution is -2.19. The standard InChI is InChI=1S/C26H27N3O2/c1-19-10-11-22(16-25(19)31-14-13-28(2)3)26(30)24-9-6-12-29(24)18-20-15-21-7-4-5-8-23(21)27-17-20/h4-12,15-17H,13-14,18H2,1-3H3. The highest BCUT2D eigenvalue weighted by atomic mass is 16.5. The van der Waals surface area contributed by atoms with E-state index in [0.29, 0.717) is 24.4 Å². The number of carbonyl (C=O) groups is 1. The van der Waals surface area contributed by atoms with Gasteiger partial charge in [-0.2, -0.15) is 0 Å². The fourth-order valence-electron chi connectivity index (χ4n) is 3.54. The highest BCUT2D eigenvalue weighted by Gasteiger charge is 2.15. The lowest BCUT2D eigenvalue weighted by molar-refractivity contribution is 0.103. The first-order chi connectivity index (χ1) is 15.0. The van der Waals surface area contributed by atoms with Crippen molar-refractivity contribution >= 4 is 16.7 Å². The molecule has 0 saturated carbocycles. The van der Waals surface area contributed by atoms with Gasteiger partial charge >= 0.3 is 0 Å². The van der Waals surface area contributed by atoms with Gasteiger partial charge in [-0.1, -0.05) is 30.3 Å². The average molecular weight is 414 g/mol. The van der Waals surface area contributed by atoms with Crippen LogP contribution in [-0.4, -0.2) is 47.5 Å². The van der Waals surface area contributed by atoms with Gasteiger partial charge in [-0.05, 0) is 62.5 Å². The highest BCUT2D eigenvalue weighted by Crippen LogP contribution is 2.22. The Morgan fingerprint density at radius 2 is 1.90 bits per heavy atom. The van der Waals surface area contributed by atoms with Crippen molar-refractivity contribution in [2.75, 3.05) is 27.2 Å². The molecule has 158 valence electrons. The minimum absolute atomic E-state index is 0.0174. The van der Waals surface area contributed by atoms with Gasteiger partial charge in [0.2, 0.25) is 5.78 Å². The van der Waals surface area contributed by atoms with E-state index in [2.05, 4.69) is 22.0 Å². The fourth-order valence-corrected chi connectivity index (χ4v) is 3.54. The number of para-hydroxylation sites is 1. The summed E-state index contributed by atoms with van der Waals surface area (Å²) in [6, 6.07) is 19.6. The molecule has 2 aromatic heterocycles. The Morgan fingerprint density at radius 3 is 2.74 bits per heavy atom. The maximum atomic E-state index is 13.3. The summed E-state index contributed by atoms with van der Waals surface area (Å²) in [4.78, 5) is 19.9. The van der Waals surface area contributed by atoms with Crippen molar-refractivity contribution in [3.8, 4) is 5.75 Å². The number of ketones is 1. The topological polar surface area (TPSA) is 47.4 Å². The molecule has 0 aliphatic carbocycles. The van der Waals surface area contributed by atoms with E-state index in [4.69, 9.17) is 4.74 Å². The second-order valence-electron chi connectivity index (χ2n) is 8.02. The molecule has 0 spiro atoms. The third-order valence-electron chi connectivity index (χ3n) is 5.31. The zero-order valence-electron chi connectivity index (χ0n) is 18.2. The van der Waals surface area contributed by atoms with Crippen molar-refractivity contribution in [3.63, 3.8) is 0 Å². The van der Waals surface area contributed by atoms with Crippen molar-refractivity contribution in [2.45, 2.75) is 13.5 Å². The number of nitrogens with zero attached hydrogens (tertiary/aromatic N) is 3. The van der Waals surface area contributed by atoms with Crippen molar-refractivity contribution in [1.29, 1.82) is 0 Å². The van der Waals surface area contributed by atoms with Gasteiger partial charge < -0.3 is 14.2 Å². The van der Waals surface area contributed by atoms with Crippen molar-refractivity contribution in [1.82, 2.24) is 14.5 Å². The summed E-state index contributed by atoms with van der Waals surface area (Å²) in [5, 5.41) is 1.10. The minimum Gasteiger partial charge on any atom is -0.492 e. The van der Waals surface area contributed by atoms with E-state index < -0.39 is 0 Å². The molecule has 2 heterocycles. The second kappa shape index (κ2) is 9.14. The molecule has 4 aromatic rings. The molecule has 0 fully saturated rings. The largest absolute Gasteiger partial charge is 0.492 e. The Hall–Kier alpha value is -3.44. The molecule has 0 aliphatic rings. The van der Waals surface area contributed by atoms with Crippen LogP contribution in [0.2, 0.25) is 0 Å². The summed E-state index contributed by atoms with van der Waals surface area (Å²) >= 11 is 0. The lowest BCUT2D eigenvalue weighted by Gasteiger charge is -2.14. The van der Waals surface area contributed by atoms with E-state index in [-0.39, 0.29) is 5.78 Å². The SMILES string of the molecule is Cc1ccc(C(=O)c2cccn2Cc2cnc3ccccc3c2)cc1OCCN(C)C. The number of hydrogen-bond donors (Lipinski definition) is 0. The molecule has 5 nitrogen and oxygen atoms in total. The van der Waals surface area contributed by atoms with Gasteiger partial charge in [0.25, 0.3) is 0 Å². The normalized spacial score (nSPS) is 11.2. The van der Waals surface area contributed by atoms with Crippen LogP contribution in [0.25, 0.3) is 10.9 Å². The third-order valence-corrected chi connectivity index (χ3v) is 5.31. The van der Waals surface area contributed by atoms with Crippen molar-refractivity contribution < 1.29 is 9.53 Å². The Bertz CT molecular complexity index is 1210. The van der Waals surface area contributed by atoms with Crippen molar-refractivity contribution in [2.24, 2.45) is 0 Å². The van der Waals surface area contributed by atoms with Crippen molar-refractivity contribution in [3.05, 3.63) is 95.4 Å². The third kappa shape index (κ3) is 4.84. The van der Waals surface area contributed by atoms with Gasteiger partial charge in [-0.3, -0.25) is 9.78 Å². The van der Waals surface area contributed by atoms with E-state index in [9.17, 15) is 4.79 Å². The monoisotopic (exact) mass is 413 g/mol. The fraction of sp³-hybridized carbons (Fsp3) is 0.231. The Labute approximate surface area is 182 Å². The molecular formula is C26H27N3O2. The number of benzene rings is 2. The number of fused-ring (bicyclic) bond motifs is 1. The highest BCUT2D eigenvalue weighted by molar-refractivity contribution is 6.08. The van der Waals surface area contributed by atoms with E-state index >= 15 is 0 Å².